The first-order valence-corrected chi connectivity index (χ1v) is 8.19. The van der Waals surface area contributed by atoms with Gasteiger partial charge in [0.1, 0.15) is 11.4 Å². The molecule has 3 rings (SSSR count). The highest BCUT2D eigenvalue weighted by molar-refractivity contribution is 5.26. The molecule has 0 spiro atoms. The molecule has 4 heteroatoms. The lowest BCUT2D eigenvalue weighted by Gasteiger charge is -2.32. The Balaban J connectivity index is 1.68. The summed E-state index contributed by atoms with van der Waals surface area (Å²) in [6.07, 6.45) is 2.92. The summed E-state index contributed by atoms with van der Waals surface area (Å²) >= 11 is 0. The lowest BCUT2D eigenvalue weighted by molar-refractivity contribution is 0.166. The fraction of sp³-hybridized carbons (Fsp3) is 0.421. The minimum atomic E-state index is 0.460. The average molecular weight is 312 g/mol. The summed E-state index contributed by atoms with van der Waals surface area (Å²) in [5.41, 5.74) is 2.26. The predicted molar refractivity (Wildman–Crippen MR) is 90.6 cm³/mol. The number of aromatic nitrogens is 1. The fourth-order valence-electron chi connectivity index (χ4n) is 3.23. The Labute approximate surface area is 137 Å². The Morgan fingerprint density at radius 3 is 2.87 bits per heavy atom. The van der Waals surface area contributed by atoms with E-state index >= 15 is 0 Å². The van der Waals surface area contributed by atoms with Crippen LogP contribution in [0, 0.1) is 5.92 Å². The van der Waals surface area contributed by atoms with Crippen molar-refractivity contribution in [2.75, 3.05) is 26.8 Å². The highest BCUT2D eigenvalue weighted by Gasteiger charge is 2.27. The molecule has 1 aliphatic rings. The molecular formula is C19H24N2O2. The molecule has 1 saturated heterocycles. The summed E-state index contributed by atoms with van der Waals surface area (Å²) in [7, 11) is 1.68. The second-order valence-corrected chi connectivity index (χ2v) is 5.96. The van der Waals surface area contributed by atoms with Crippen LogP contribution in [0.25, 0.3) is 0 Å². The molecule has 0 radical (unpaired) electrons. The van der Waals surface area contributed by atoms with Crippen LogP contribution in [0.4, 0.5) is 0 Å². The van der Waals surface area contributed by atoms with E-state index in [0.29, 0.717) is 25.0 Å². The van der Waals surface area contributed by atoms with Crippen molar-refractivity contribution < 1.29 is 9.47 Å². The van der Waals surface area contributed by atoms with Gasteiger partial charge in [-0.05, 0) is 36.6 Å². The van der Waals surface area contributed by atoms with E-state index in [4.69, 9.17) is 9.47 Å². The standard InChI is InChI=1S/C19H24N2O2/c1-22-14-18-19(8-5-10-21-18)23-13-16-12-20-11-9-17(16)15-6-3-2-4-7-15/h2-8,10,16-17,20H,9,11-14H2,1H3/t16-,17-/m0/s1. The molecule has 0 bridgehead atoms. The van der Waals surface area contributed by atoms with E-state index in [1.165, 1.54) is 5.56 Å². The van der Waals surface area contributed by atoms with Crippen LogP contribution in [-0.4, -0.2) is 31.8 Å². The smallest absolute Gasteiger partial charge is 0.143 e. The van der Waals surface area contributed by atoms with Gasteiger partial charge in [0.05, 0.1) is 13.2 Å². The number of benzene rings is 1. The van der Waals surface area contributed by atoms with Gasteiger partial charge in [-0.3, -0.25) is 4.98 Å². The summed E-state index contributed by atoms with van der Waals surface area (Å²) < 4.78 is 11.3. The van der Waals surface area contributed by atoms with Crippen molar-refractivity contribution in [3.8, 4) is 5.75 Å². The number of piperidine rings is 1. The maximum absolute atomic E-state index is 6.10. The van der Waals surface area contributed by atoms with Gasteiger partial charge < -0.3 is 14.8 Å². The van der Waals surface area contributed by atoms with Crippen molar-refractivity contribution >= 4 is 0 Å². The summed E-state index contributed by atoms with van der Waals surface area (Å²) in [6.45, 7) is 3.22. The average Bonchev–Trinajstić information content (AvgIpc) is 2.62. The minimum absolute atomic E-state index is 0.460. The monoisotopic (exact) mass is 312 g/mol. The summed E-state index contributed by atoms with van der Waals surface area (Å²) in [5, 5.41) is 3.49. The number of nitrogens with one attached hydrogen (secondary N) is 1. The Morgan fingerprint density at radius 1 is 1.17 bits per heavy atom. The SMILES string of the molecule is COCc1ncccc1OC[C@@H]1CNCC[C@H]1c1ccccc1. The summed E-state index contributed by atoms with van der Waals surface area (Å²) in [5.74, 6) is 1.83. The van der Waals surface area contributed by atoms with E-state index in [0.717, 1.165) is 31.0 Å². The van der Waals surface area contributed by atoms with Gasteiger partial charge in [-0.25, -0.2) is 0 Å². The number of nitrogens with zero attached hydrogens (tertiary/aromatic N) is 1. The van der Waals surface area contributed by atoms with Gasteiger partial charge in [-0.15, -0.1) is 0 Å². The first-order chi connectivity index (χ1) is 11.4. The first kappa shape index (κ1) is 16.0. The number of hydrogen-bond donors (Lipinski definition) is 1. The number of hydrogen-bond acceptors (Lipinski definition) is 4. The van der Waals surface area contributed by atoms with Crippen molar-refractivity contribution in [3.05, 3.63) is 59.9 Å². The predicted octanol–water partition coefficient (Wildman–Crippen LogP) is 3.00. The zero-order chi connectivity index (χ0) is 15.9. The van der Waals surface area contributed by atoms with Crippen LogP contribution in [-0.2, 0) is 11.3 Å². The molecule has 0 aliphatic carbocycles. The Bertz CT molecular complexity index is 603. The molecule has 1 aromatic heterocycles. The topological polar surface area (TPSA) is 43.4 Å². The first-order valence-electron chi connectivity index (χ1n) is 8.19. The van der Waals surface area contributed by atoms with Crippen molar-refractivity contribution in [2.45, 2.75) is 18.9 Å². The molecular weight excluding hydrogens is 288 g/mol. The quantitative estimate of drug-likeness (QED) is 0.890. The lowest BCUT2D eigenvalue weighted by atomic mass is 9.81. The molecule has 0 unspecified atom stereocenters. The van der Waals surface area contributed by atoms with Gasteiger partial charge in [0.25, 0.3) is 0 Å². The third kappa shape index (κ3) is 4.09. The molecule has 1 N–H and O–H groups in total. The summed E-state index contributed by atoms with van der Waals surface area (Å²) in [4.78, 5) is 4.34. The number of ether oxygens (including phenoxy) is 2. The van der Waals surface area contributed by atoms with Gasteiger partial charge in [0.2, 0.25) is 0 Å². The third-order valence-corrected chi connectivity index (χ3v) is 4.42. The second-order valence-electron chi connectivity index (χ2n) is 5.96. The molecule has 2 atom stereocenters. The molecule has 122 valence electrons. The zero-order valence-electron chi connectivity index (χ0n) is 13.6. The number of rotatable bonds is 6. The summed E-state index contributed by atoms with van der Waals surface area (Å²) in [6, 6.07) is 14.6. The molecule has 1 fully saturated rings. The Kier molecular flexibility index (Phi) is 5.61. The van der Waals surface area contributed by atoms with Gasteiger partial charge in [-0.2, -0.15) is 0 Å². The normalized spacial score (nSPS) is 21.1. The molecule has 1 aliphatic heterocycles. The highest BCUT2D eigenvalue weighted by Crippen LogP contribution is 2.31. The van der Waals surface area contributed by atoms with Crippen molar-refractivity contribution in [1.29, 1.82) is 0 Å². The maximum atomic E-state index is 6.10. The van der Waals surface area contributed by atoms with Crippen LogP contribution < -0.4 is 10.1 Å². The number of methoxy groups -OCH3 is 1. The lowest BCUT2D eigenvalue weighted by Crippen LogP contribution is -2.38. The van der Waals surface area contributed by atoms with Crippen molar-refractivity contribution in [2.24, 2.45) is 5.92 Å². The molecule has 4 nitrogen and oxygen atoms in total. The largest absolute Gasteiger partial charge is 0.491 e. The second kappa shape index (κ2) is 8.09. The molecule has 23 heavy (non-hydrogen) atoms. The molecule has 1 aromatic carbocycles. The molecule has 0 amide bonds. The van der Waals surface area contributed by atoms with E-state index in [2.05, 4.69) is 40.6 Å². The van der Waals surface area contributed by atoms with Crippen LogP contribution in [0.1, 0.15) is 23.6 Å². The highest BCUT2D eigenvalue weighted by atomic mass is 16.5. The Morgan fingerprint density at radius 2 is 2.04 bits per heavy atom. The third-order valence-electron chi connectivity index (χ3n) is 4.42. The van der Waals surface area contributed by atoms with Crippen LogP contribution in [0.5, 0.6) is 5.75 Å². The van der Waals surface area contributed by atoms with Gasteiger partial charge in [0, 0.05) is 25.8 Å². The number of pyridine rings is 1. The van der Waals surface area contributed by atoms with Crippen molar-refractivity contribution in [1.82, 2.24) is 10.3 Å². The maximum Gasteiger partial charge on any atom is 0.143 e. The van der Waals surface area contributed by atoms with E-state index in [9.17, 15) is 0 Å². The van der Waals surface area contributed by atoms with E-state index in [1.54, 1.807) is 13.3 Å². The van der Waals surface area contributed by atoms with Crippen molar-refractivity contribution in [3.63, 3.8) is 0 Å². The Hall–Kier alpha value is -1.91. The van der Waals surface area contributed by atoms with Gasteiger partial charge in [0.15, 0.2) is 0 Å². The van der Waals surface area contributed by atoms with Gasteiger partial charge >= 0.3 is 0 Å². The van der Waals surface area contributed by atoms with Crippen LogP contribution in [0.2, 0.25) is 0 Å². The molecule has 0 saturated carbocycles. The molecule has 2 aromatic rings. The van der Waals surface area contributed by atoms with Crippen LogP contribution >= 0.6 is 0 Å². The van der Waals surface area contributed by atoms with Crippen LogP contribution in [0.15, 0.2) is 48.7 Å². The minimum Gasteiger partial charge on any atom is -0.491 e. The molecule has 2 heterocycles. The van der Waals surface area contributed by atoms with Gasteiger partial charge in [-0.1, -0.05) is 30.3 Å². The van der Waals surface area contributed by atoms with E-state index in [-0.39, 0.29) is 0 Å². The van der Waals surface area contributed by atoms with E-state index in [1.807, 2.05) is 12.1 Å². The van der Waals surface area contributed by atoms with Crippen LogP contribution in [0.3, 0.4) is 0 Å². The zero-order valence-corrected chi connectivity index (χ0v) is 13.6. The fourth-order valence-corrected chi connectivity index (χ4v) is 3.23. The van der Waals surface area contributed by atoms with E-state index < -0.39 is 0 Å².